The number of nitrogens with one attached hydrogen (secondary N) is 1. The summed E-state index contributed by atoms with van der Waals surface area (Å²) < 4.78 is 10.6. The summed E-state index contributed by atoms with van der Waals surface area (Å²) in [7, 11) is 0. The molecule has 0 unspecified atom stereocenters. The molecule has 0 radical (unpaired) electrons. The number of aromatic nitrogens is 1. The molecular formula is C24H27N3O4S2. The van der Waals surface area contributed by atoms with E-state index >= 15 is 0 Å². The van der Waals surface area contributed by atoms with E-state index in [1.807, 2.05) is 51.1 Å². The number of benzene rings is 1. The van der Waals surface area contributed by atoms with Gasteiger partial charge < -0.3 is 19.5 Å². The average Bonchev–Trinajstić information content (AvgIpc) is 3.32. The first kappa shape index (κ1) is 23.5. The van der Waals surface area contributed by atoms with Gasteiger partial charge in [0.1, 0.15) is 10.8 Å². The quantitative estimate of drug-likeness (QED) is 0.523. The van der Waals surface area contributed by atoms with E-state index in [0.717, 1.165) is 33.0 Å². The van der Waals surface area contributed by atoms with Crippen molar-refractivity contribution in [2.75, 3.05) is 37.4 Å². The largest absolute Gasteiger partial charge is 0.378 e. The fourth-order valence-electron chi connectivity index (χ4n) is 3.76. The van der Waals surface area contributed by atoms with Crippen LogP contribution in [0.25, 0.3) is 10.4 Å². The molecule has 4 rings (SSSR count). The number of rotatable bonds is 7. The lowest BCUT2D eigenvalue weighted by atomic mass is 10.1. The first-order chi connectivity index (χ1) is 16.0. The number of hydrogen-bond donors (Lipinski definition) is 1. The Labute approximate surface area is 201 Å². The molecule has 1 aliphatic rings. The Kier molecular flexibility index (Phi) is 7.52. The van der Waals surface area contributed by atoms with Crippen molar-refractivity contribution >= 4 is 39.9 Å². The zero-order valence-electron chi connectivity index (χ0n) is 19.0. The van der Waals surface area contributed by atoms with E-state index in [-0.39, 0.29) is 17.6 Å². The molecule has 0 saturated carbocycles. The van der Waals surface area contributed by atoms with E-state index in [9.17, 15) is 9.59 Å². The third-order valence-corrected chi connectivity index (χ3v) is 7.82. The molecule has 9 heteroatoms. The summed E-state index contributed by atoms with van der Waals surface area (Å²) in [4.78, 5) is 29.0. The summed E-state index contributed by atoms with van der Waals surface area (Å²) in [5.74, 6) is 1.50. The van der Waals surface area contributed by atoms with Crippen LogP contribution in [0.2, 0.25) is 0 Å². The minimum Gasteiger partial charge on any atom is -0.378 e. The van der Waals surface area contributed by atoms with Gasteiger partial charge in [0, 0.05) is 29.3 Å². The highest BCUT2D eigenvalue weighted by atomic mass is 32.2. The van der Waals surface area contributed by atoms with Crippen molar-refractivity contribution in [3.63, 3.8) is 0 Å². The van der Waals surface area contributed by atoms with Gasteiger partial charge in [-0.25, -0.2) is 0 Å². The molecule has 174 valence electrons. The zero-order valence-corrected chi connectivity index (χ0v) is 20.6. The van der Waals surface area contributed by atoms with Gasteiger partial charge in [0.15, 0.2) is 0 Å². The molecule has 0 spiro atoms. The van der Waals surface area contributed by atoms with Crippen LogP contribution in [0.3, 0.4) is 0 Å². The van der Waals surface area contributed by atoms with E-state index in [4.69, 9.17) is 9.26 Å². The van der Waals surface area contributed by atoms with Gasteiger partial charge in [0.05, 0.1) is 30.2 Å². The molecule has 1 N–H and O–H groups in total. The van der Waals surface area contributed by atoms with Crippen molar-refractivity contribution in [2.24, 2.45) is 0 Å². The lowest BCUT2D eigenvalue weighted by Crippen LogP contribution is -2.41. The molecule has 0 atom stereocenters. The topological polar surface area (TPSA) is 84.7 Å². The molecule has 2 aromatic heterocycles. The van der Waals surface area contributed by atoms with Crippen LogP contribution in [0.15, 0.2) is 34.9 Å². The molecule has 1 aromatic carbocycles. The third-order valence-electron chi connectivity index (χ3n) is 5.61. The number of ether oxygens (including phenoxy) is 1. The molecule has 1 aliphatic heterocycles. The first-order valence-corrected chi connectivity index (χ1v) is 12.8. The second-order valence-corrected chi connectivity index (χ2v) is 9.88. The molecule has 3 heterocycles. The van der Waals surface area contributed by atoms with Crippen LogP contribution >= 0.6 is 23.1 Å². The van der Waals surface area contributed by atoms with Crippen molar-refractivity contribution < 1.29 is 18.8 Å². The average molecular weight is 486 g/mol. The molecule has 1 saturated heterocycles. The molecule has 3 aromatic rings. The maximum atomic E-state index is 13.4. The van der Waals surface area contributed by atoms with Crippen LogP contribution in [0.1, 0.15) is 32.9 Å². The van der Waals surface area contributed by atoms with E-state index < -0.39 is 0 Å². The van der Waals surface area contributed by atoms with Crippen molar-refractivity contribution in [1.82, 2.24) is 10.1 Å². The second-order valence-electron chi connectivity index (χ2n) is 7.87. The highest BCUT2D eigenvalue weighted by Gasteiger charge is 2.28. The van der Waals surface area contributed by atoms with Gasteiger partial charge >= 0.3 is 0 Å². The number of thioether (sulfide) groups is 1. The fourth-order valence-corrected chi connectivity index (χ4v) is 5.96. The lowest BCUT2D eigenvalue weighted by molar-refractivity contribution is -0.113. The Morgan fingerprint density at radius 3 is 2.55 bits per heavy atom. The van der Waals surface area contributed by atoms with E-state index in [2.05, 4.69) is 10.5 Å². The van der Waals surface area contributed by atoms with Crippen molar-refractivity contribution in [3.05, 3.63) is 58.5 Å². The smallest absolute Gasteiger partial charge is 0.257 e. The summed E-state index contributed by atoms with van der Waals surface area (Å²) in [6.07, 6.45) is 0. The number of aryl methyl sites for hydroxylation is 2. The van der Waals surface area contributed by atoms with Gasteiger partial charge in [0.2, 0.25) is 5.91 Å². The van der Waals surface area contributed by atoms with Crippen LogP contribution in [0.4, 0.5) is 5.00 Å². The molecule has 1 fully saturated rings. The molecule has 33 heavy (non-hydrogen) atoms. The zero-order chi connectivity index (χ0) is 23.4. The van der Waals surface area contributed by atoms with Crippen molar-refractivity contribution in [2.45, 2.75) is 26.5 Å². The molecule has 7 nitrogen and oxygen atoms in total. The minimum atomic E-state index is -0.136. The summed E-state index contributed by atoms with van der Waals surface area (Å²) in [6, 6.07) is 9.95. The Balaban J connectivity index is 1.54. The highest BCUT2D eigenvalue weighted by Crippen LogP contribution is 2.40. The number of hydrogen-bond acceptors (Lipinski definition) is 7. The Hall–Kier alpha value is -2.62. The molecule has 0 aliphatic carbocycles. The van der Waals surface area contributed by atoms with Crippen molar-refractivity contribution in [3.8, 4) is 10.4 Å². The number of carbonyl (C=O) groups excluding carboxylic acids is 2. The van der Waals surface area contributed by atoms with Crippen LogP contribution < -0.4 is 5.32 Å². The number of amides is 2. The summed E-state index contributed by atoms with van der Waals surface area (Å²) in [5, 5.41) is 7.57. The summed E-state index contributed by atoms with van der Waals surface area (Å²) >= 11 is 2.95. The van der Waals surface area contributed by atoms with Gasteiger partial charge in [-0.1, -0.05) is 35.5 Å². The number of thiophene rings is 1. The normalized spacial score (nSPS) is 13.8. The van der Waals surface area contributed by atoms with E-state index in [1.165, 1.54) is 23.1 Å². The number of anilines is 1. The van der Waals surface area contributed by atoms with Crippen molar-refractivity contribution in [1.29, 1.82) is 0 Å². The monoisotopic (exact) mass is 485 g/mol. The SMILES string of the molecule is Cc1noc(C)c1CSCC(=O)Nc1sc(-c2ccccc2)c(C)c1C(=O)N1CCOCC1. The van der Waals surface area contributed by atoms with E-state index in [0.29, 0.717) is 42.6 Å². The van der Waals surface area contributed by atoms with Crippen LogP contribution in [-0.2, 0) is 15.3 Å². The number of carbonyl (C=O) groups is 2. The van der Waals surface area contributed by atoms with Crippen LogP contribution in [0.5, 0.6) is 0 Å². The maximum Gasteiger partial charge on any atom is 0.257 e. The molecule has 2 amide bonds. The van der Waals surface area contributed by atoms with Gasteiger partial charge in [0.25, 0.3) is 5.91 Å². The van der Waals surface area contributed by atoms with Crippen LogP contribution in [-0.4, -0.2) is 53.9 Å². The minimum absolute atomic E-state index is 0.0621. The third kappa shape index (κ3) is 5.31. The highest BCUT2D eigenvalue weighted by molar-refractivity contribution is 7.99. The van der Waals surface area contributed by atoms with Gasteiger partial charge in [-0.15, -0.1) is 23.1 Å². The maximum absolute atomic E-state index is 13.4. The predicted molar refractivity (Wildman–Crippen MR) is 132 cm³/mol. The first-order valence-electron chi connectivity index (χ1n) is 10.8. The number of morpholine rings is 1. The van der Waals surface area contributed by atoms with Crippen LogP contribution in [0, 0.1) is 20.8 Å². The van der Waals surface area contributed by atoms with E-state index in [1.54, 1.807) is 4.90 Å². The molecule has 0 bridgehead atoms. The Morgan fingerprint density at radius 1 is 1.15 bits per heavy atom. The predicted octanol–water partition coefficient (Wildman–Crippen LogP) is 4.67. The lowest BCUT2D eigenvalue weighted by Gasteiger charge is -2.27. The second kappa shape index (κ2) is 10.5. The van der Waals surface area contributed by atoms with Gasteiger partial charge in [-0.2, -0.15) is 0 Å². The van der Waals surface area contributed by atoms with Gasteiger partial charge in [-0.05, 0) is 31.9 Å². The Morgan fingerprint density at radius 2 is 1.88 bits per heavy atom. The molecular weight excluding hydrogens is 458 g/mol. The standard InChI is InChI=1S/C24H27N3O4S2/c1-15-21(24(29)27-9-11-30-12-10-27)23(33-22(15)18-7-5-4-6-8-18)25-20(28)14-32-13-19-16(2)26-31-17(19)3/h4-8H,9-14H2,1-3H3,(H,25,28). The summed E-state index contributed by atoms with van der Waals surface area (Å²) in [5.41, 5.74) is 4.37. The summed E-state index contributed by atoms with van der Waals surface area (Å²) in [6.45, 7) is 7.88. The Bertz CT molecular complexity index is 1110. The number of nitrogens with zero attached hydrogens (tertiary/aromatic N) is 2. The fraction of sp³-hybridized carbons (Fsp3) is 0.375. The van der Waals surface area contributed by atoms with Gasteiger partial charge in [-0.3, -0.25) is 9.59 Å².